The first-order valence-corrected chi connectivity index (χ1v) is 5.88. The van der Waals surface area contributed by atoms with Crippen LogP contribution in [0.3, 0.4) is 0 Å². The standard InChI is InChI=1S/C12H15ClN2O2/c1-12(5-6-14)8-15(11(16)17-12)10-4-2-3-9(13)7-10/h2-4,7H,5-6,8,14H2,1H3. The SMILES string of the molecule is CC1(CCN)CN(c2cccc(Cl)c2)C(=O)O1. The number of anilines is 1. The van der Waals surface area contributed by atoms with Crippen molar-refractivity contribution in [1.29, 1.82) is 0 Å². The third kappa shape index (κ3) is 2.53. The Morgan fingerprint density at radius 3 is 3.00 bits per heavy atom. The largest absolute Gasteiger partial charge is 0.441 e. The number of nitrogens with zero attached hydrogens (tertiary/aromatic N) is 1. The molecular formula is C12H15ClN2O2. The summed E-state index contributed by atoms with van der Waals surface area (Å²) in [5.74, 6) is 0. The lowest BCUT2D eigenvalue weighted by Gasteiger charge is -2.20. The second kappa shape index (κ2) is 4.55. The van der Waals surface area contributed by atoms with Crippen LogP contribution in [0.5, 0.6) is 0 Å². The lowest BCUT2D eigenvalue weighted by Crippen LogP contribution is -2.33. The van der Waals surface area contributed by atoms with Crippen LogP contribution in [0.25, 0.3) is 0 Å². The molecule has 1 heterocycles. The van der Waals surface area contributed by atoms with E-state index in [0.717, 1.165) is 5.69 Å². The lowest BCUT2D eigenvalue weighted by molar-refractivity contribution is 0.0672. The van der Waals surface area contributed by atoms with E-state index in [1.165, 1.54) is 0 Å². The molecule has 5 heteroatoms. The van der Waals surface area contributed by atoms with Crippen molar-refractivity contribution in [1.82, 2.24) is 0 Å². The molecular weight excluding hydrogens is 240 g/mol. The van der Waals surface area contributed by atoms with E-state index in [4.69, 9.17) is 22.1 Å². The fourth-order valence-corrected chi connectivity index (χ4v) is 2.16. The molecule has 1 saturated heterocycles. The van der Waals surface area contributed by atoms with Gasteiger partial charge in [-0.05, 0) is 31.7 Å². The molecule has 0 bridgehead atoms. The van der Waals surface area contributed by atoms with E-state index in [-0.39, 0.29) is 6.09 Å². The molecule has 1 aliphatic rings. The molecule has 1 unspecified atom stereocenters. The van der Waals surface area contributed by atoms with Gasteiger partial charge in [-0.3, -0.25) is 4.90 Å². The fourth-order valence-electron chi connectivity index (χ4n) is 1.97. The minimum Gasteiger partial charge on any atom is -0.441 e. The second-order valence-electron chi connectivity index (χ2n) is 4.42. The van der Waals surface area contributed by atoms with Gasteiger partial charge in [-0.15, -0.1) is 0 Å². The molecule has 92 valence electrons. The topological polar surface area (TPSA) is 55.6 Å². The summed E-state index contributed by atoms with van der Waals surface area (Å²) in [5, 5.41) is 0.600. The van der Waals surface area contributed by atoms with Crippen molar-refractivity contribution in [3.05, 3.63) is 29.3 Å². The first-order valence-electron chi connectivity index (χ1n) is 5.50. The van der Waals surface area contributed by atoms with Gasteiger partial charge in [0.25, 0.3) is 0 Å². The quantitative estimate of drug-likeness (QED) is 0.901. The van der Waals surface area contributed by atoms with Gasteiger partial charge in [0.2, 0.25) is 0 Å². The Morgan fingerprint density at radius 1 is 1.59 bits per heavy atom. The zero-order valence-electron chi connectivity index (χ0n) is 9.65. The molecule has 2 N–H and O–H groups in total. The highest BCUT2D eigenvalue weighted by molar-refractivity contribution is 6.30. The van der Waals surface area contributed by atoms with Gasteiger partial charge in [0.05, 0.1) is 6.54 Å². The molecule has 0 aliphatic carbocycles. The number of nitrogens with two attached hydrogens (primary N) is 1. The normalized spacial score (nSPS) is 23.9. The minimum atomic E-state index is -0.506. The average Bonchev–Trinajstić information content (AvgIpc) is 2.55. The van der Waals surface area contributed by atoms with E-state index >= 15 is 0 Å². The third-order valence-electron chi connectivity index (χ3n) is 2.84. The Balaban J connectivity index is 2.21. The van der Waals surface area contributed by atoms with E-state index in [1.807, 2.05) is 19.1 Å². The molecule has 0 radical (unpaired) electrons. The summed E-state index contributed by atoms with van der Waals surface area (Å²) in [5.41, 5.74) is 5.76. The number of benzene rings is 1. The van der Waals surface area contributed by atoms with Crippen LogP contribution in [0.2, 0.25) is 5.02 Å². The number of halogens is 1. The van der Waals surface area contributed by atoms with Gasteiger partial charge < -0.3 is 10.5 Å². The van der Waals surface area contributed by atoms with Crippen molar-refractivity contribution in [2.75, 3.05) is 18.0 Å². The van der Waals surface area contributed by atoms with E-state index < -0.39 is 5.60 Å². The third-order valence-corrected chi connectivity index (χ3v) is 3.07. The van der Waals surface area contributed by atoms with Crippen LogP contribution in [0, 0.1) is 0 Å². The molecule has 1 fully saturated rings. The van der Waals surface area contributed by atoms with E-state index in [9.17, 15) is 4.79 Å². The van der Waals surface area contributed by atoms with Crippen LogP contribution >= 0.6 is 11.6 Å². The highest BCUT2D eigenvalue weighted by Gasteiger charge is 2.41. The summed E-state index contributed by atoms with van der Waals surface area (Å²) in [6, 6.07) is 7.16. The minimum absolute atomic E-state index is 0.344. The van der Waals surface area contributed by atoms with Gasteiger partial charge >= 0.3 is 6.09 Å². The summed E-state index contributed by atoms with van der Waals surface area (Å²) in [6.07, 6.45) is 0.304. The highest BCUT2D eigenvalue weighted by atomic mass is 35.5. The predicted molar refractivity (Wildman–Crippen MR) is 67.4 cm³/mol. The molecule has 1 aromatic carbocycles. The summed E-state index contributed by atoms with van der Waals surface area (Å²) in [7, 11) is 0. The maximum atomic E-state index is 11.8. The van der Waals surface area contributed by atoms with Crippen molar-refractivity contribution in [2.45, 2.75) is 18.9 Å². The molecule has 1 aromatic rings. The Bertz CT molecular complexity index is 438. The van der Waals surface area contributed by atoms with Crippen molar-refractivity contribution in [3.63, 3.8) is 0 Å². The maximum absolute atomic E-state index is 11.8. The lowest BCUT2D eigenvalue weighted by atomic mass is 10.0. The molecule has 1 amide bonds. The van der Waals surface area contributed by atoms with Crippen molar-refractivity contribution in [2.24, 2.45) is 5.73 Å². The Morgan fingerprint density at radius 2 is 2.35 bits per heavy atom. The van der Waals surface area contributed by atoms with Crippen molar-refractivity contribution < 1.29 is 9.53 Å². The van der Waals surface area contributed by atoms with Gasteiger partial charge in [-0.1, -0.05) is 17.7 Å². The summed E-state index contributed by atoms with van der Waals surface area (Å²) in [6.45, 7) is 2.89. The van der Waals surface area contributed by atoms with E-state index in [0.29, 0.717) is 24.5 Å². The molecule has 1 atom stereocenters. The molecule has 4 nitrogen and oxygen atoms in total. The first-order chi connectivity index (χ1) is 8.04. The van der Waals surface area contributed by atoms with E-state index in [2.05, 4.69) is 0 Å². The summed E-state index contributed by atoms with van der Waals surface area (Å²) >= 11 is 5.90. The highest BCUT2D eigenvalue weighted by Crippen LogP contribution is 2.30. The summed E-state index contributed by atoms with van der Waals surface area (Å²) < 4.78 is 5.36. The molecule has 0 aromatic heterocycles. The van der Waals surface area contributed by atoms with Crippen molar-refractivity contribution >= 4 is 23.4 Å². The van der Waals surface area contributed by atoms with Gasteiger partial charge in [0.1, 0.15) is 5.60 Å². The molecule has 0 spiro atoms. The molecule has 1 aliphatic heterocycles. The number of amides is 1. The van der Waals surface area contributed by atoms with Crippen LogP contribution in [-0.4, -0.2) is 24.8 Å². The number of rotatable bonds is 3. The monoisotopic (exact) mass is 254 g/mol. The molecule has 0 saturated carbocycles. The number of hydrogen-bond acceptors (Lipinski definition) is 3. The number of carbonyl (C=O) groups excluding carboxylic acids is 1. The number of cyclic esters (lactones) is 1. The van der Waals surface area contributed by atoms with Crippen LogP contribution in [0.1, 0.15) is 13.3 Å². The number of carbonyl (C=O) groups is 1. The second-order valence-corrected chi connectivity index (χ2v) is 4.86. The number of hydrogen-bond donors (Lipinski definition) is 1. The molecule has 17 heavy (non-hydrogen) atoms. The zero-order chi connectivity index (χ0) is 12.5. The zero-order valence-corrected chi connectivity index (χ0v) is 10.4. The van der Waals surface area contributed by atoms with Gasteiger partial charge in [-0.25, -0.2) is 4.79 Å². The first kappa shape index (κ1) is 12.2. The Labute approximate surface area is 105 Å². The molecule has 2 rings (SSSR count). The summed E-state index contributed by atoms with van der Waals surface area (Å²) in [4.78, 5) is 13.4. The predicted octanol–water partition coefficient (Wildman–Crippen LogP) is 2.40. The van der Waals surface area contributed by atoms with Gasteiger partial charge in [0.15, 0.2) is 0 Å². The number of ether oxygens (including phenoxy) is 1. The van der Waals surface area contributed by atoms with Gasteiger partial charge in [-0.2, -0.15) is 0 Å². The van der Waals surface area contributed by atoms with Crippen LogP contribution in [0.4, 0.5) is 10.5 Å². The maximum Gasteiger partial charge on any atom is 0.415 e. The van der Waals surface area contributed by atoms with Gasteiger partial charge in [0, 0.05) is 17.1 Å². The Hall–Kier alpha value is -1.26. The Kier molecular flexibility index (Phi) is 3.26. The van der Waals surface area contributed by atoms with E-state index in [1.54, 1.807) is 17.0 Å². The van der Waals surface area contributed by atoms with Crippen LogP contribution in [0.15, 0.2) is 24.3 Å². The van der Waals surface area contributed by atoms with Crippen LogP contribution in [-0.2, 0) is 4.74 Å². The fraction of sp³-hybridized carbons (Fsp3) is 0.417. The van der Waals surface area contributed by atoms with Crippen LogP contribution < -0.4 is 10.6 Å². The van der Waals surface area contributed by atoms with Crippen molar-refractivity contribution in [3.8, 4) is 0 Å². The smallest absolute Gasteiger partial charge is 0.415 e. The average molecular weight is 255 g/mol.